The quantitative estimate of drug-likeness (QED) is 0.866. The van der Waals surface area contributed by atoms with Crippen molar-refractivity contribution in [3.05, 3.63) is 21.0 Å². The molecule has 0 fully saturated rings. The van der Waals surface area contributed by atoms with Crippen molar-refractivity contribution in [2.24, 2.45) is 0 Å². The Bertz CT molecular complexity index is 456. The summed E-state index contributed by atoms with van der Waals surface area (Å²) >= 11 is 5.09. The van der Waals surface area contributed by atoms with Crippen molar-refractivity contribution in [1.29, 1.82) is 0 Å². The number of rotatable bonds is 1. The molecule has 0 unspecified atom stereocenters. The van der Waals surface area contributed by atoms with E-state index in [0.29, 0.717) is 5.82 Å². The fraction of sp³-hybridized carbons (Fsp3) is 0.222. The summed E-state index contributed by atoms with van der Waals surface area (Å²) in [7, 11) is 0. The van der Waals surface area contributed by atoms with Crippen LogP contribution < -0.4 is 5.73 Å². The van der Waals surface area contributed by atoms with Gasteiger partial charge in [0.15, 0.2) is 11.6 Å². The lowest BCUT2D eigenvalue weighted by Gasteiger charge is -1.89. The molecule has 5 heteroatoms. The molecule has 0 aromatic carbocycles. The number of hydrogen-bond donors (Lipinski definition) is 1. The van der Waals surface area contributed by atoms with Gasteiger partial charge in [-0.15, -0.1) is 11.3 Å². The molecular formula is C9H9BrN2OS. The maximum Gasteiger partial charge on any atom is 0.181 e. The Morgan fingerprint density at radius 1 is 1.50 bits per heavy atom. The predicted octanol–water partition coefficient (Wildman–Crippen LogP) is 3.36. The van der Waals surface area contributed by atoms with Gasteiger partial charge in [0.2, 0.25) is 0 Å². The second kappa shape index (κ2) is 3.40. The Morgan fingerprint density at radius 2 is 2.21 bits per heavy atom. The average molecular weight is 273 g/mol. The zero-order valence-corrected chi connectivity index (χ0v) is 10.2. The van der Waals surface area contributed by atoms with Gasteiger partial charge in [0, 0.05) is 5.56 Å². The number of anilines is 1. The third-order valence-electron chi connectivity index (χ3n) is 2.04. The van der Waals surface area contributed by atoms with Gasteiger partial charge in [-0.2, -0.15) is 0 Å². The molecule has 14 heavy (non-hydrogen) atoms. The van der Waals surface area contributed by atoms with E-state index < -0.39 is 0 Å². The van der Waals surface area contributed by atoms with Crippen molar-refractivity contribution in [3.63, 3.8) is 0 Å². The number of nitrogen functional groups attached to an aromatic ring is 1. The number of nitrogens with zero attached hydrogens (tertiary/aromatic N) is 1. The first-order valence-electron chi connectivity index (χ1n) is 4.07. The first-order chi connectivity index (χ1) is 6.59. The van der Waals surface area contributed by atoms with Crippen LogP contribution in [0.2, 0.25) is 0 Å². The van der Waals surface area contributed by atoms with E-state index in [0.717, 1.165) is 20.0 Å². The molecule has 2 heterocycles. The van der Waals surface area contributed by atoms with E-state index in [2.05, 4.69) is 27.2 Å². The minimum atomic E-state index is 0.460. The van der Waals surface area contributed by atoms with Crippen LogP contribution >= 0.6 is 27.3 Å². The summed E-state index contributed by atoms with van der Waals surface area (Å²) < 4.78 is 6.28. The van der Waals surface area contributed by atoms with Gasteiger partial charge in [-0.3, -0.25) is 0 Å². The molecule has 74 valence electrons. The molecule has 0 amide bonds. The summed E-state index contributed by atoms with van der Waals surface area (Å²) in [6, 6.07) is 2.06. The third kappa shape index (κ3) is 1.46. The van der Waals surface area contributed by atoms with Crippen molar-refractivity contribution >= 4 is 33.1 Å². The van der Waals surface area contributed by atoms with Crippen molar-refractivity contribution in [3.8, 4) is 10.6 Å². The highest BCUT2D eigenvalue weighted by atomic mass is 79.9. The number of aryl methyl sites for hydroxylation is 1. The van der Waals surface area contributed by atoms with Crippen LogP contribution in [0.1, 0.15) is 11.1 Å². The molecule has 0 radical (unpaired) electrons. The molecule has 0 saturated heterocycles. The first-order valence-corrected chi connectivity index (χ1v) is 5.68. The van der Waals surface area contributed by atoms with Gasteiger partial charge in [-0.25, -0.2) is 0 Å². The summed E-state index contributed by atoms with van der Waals surface area (Å²) in [5.74, 6) is 1.23. The minimum Gasteiger partial charge on any atom is -0.381 e. The lowest BCUT2D eigenvalue weighted by molar-refractivity contribution is 0.436. The molecule has 0 bridgehead atoms. The number of nitrogens with two attached hydrogens (primary N) is 1. The monoisotopic (exact) mass is 272 g/mol. The molecule has 0 aliphatic heterocycles. The van der Waals surface area contributed by atoms with Crippen LogP contribution in [-0.2, 0) is 0 Å². The molecule has 2 rings (SSSR count). The third-order valence-corrected chi connectivity index (χ3v) is 4.18. The van der Waals surface area contributed by atoms with Gasteiger partial charge in [-0.1, -0.05) is 5.16 Å². The zero-order chi connectivity index (χ0) is 10.3. The van der Waals surface area contributed by atoms with Crippen LogP contribution in [0.5, 0.6) is 0 Å². The predicted molar refractivity (Wildman–Crippen MR) is 61.4 cm³/mol. The van der Waals surface area contributed by atoms with Gasteiger partial charge in [0.1, 0.15) is 0 Å². The molecule has 0 spiro atoms. The Labute approximate surface area is 94.0 Å². The first kappa shape index (κ1) is 9.73. The molecular weight excluding hydrogens is 264 g/mol. The maximum atomic E-state index is 5.61. The minimum absolute atomic E-state index is 0.460. The smallest absolute Gasteiger partial charge is 0.181 e. The zero-order valence-electron chi connectivity index (χ0n) is 7.80. The normalized spacial score (nSPS) is 10.8. The van der Waals surface area contributed by atoms with Gasteiger partial charge in [-0.05, 0) is 41.4 Å². The van der Waals surface area contributed by atoms with Crippen LogP contribution in [0.25, 0.3) is 10.6 Å². The van der Waals surface area contributed by atoms with Gasteiger partial charge in [0.25, 0.3) is 0 Å². The molecule has 2 aromatic rings. The second-order valence-electron chi connectivity index (χ2n) is 3.09. The lowest BCUT2D eigenvalue weighted by atomic mass is 10.2. The summed E-state index contributed by atoms with van der Waals surface area (Å²) in [6.45, 7) is 3.95. The molecule has 0 aliphatic rings. The van der Waals surface area contributed by atoms with Crippen molar-refractivity contribution in [2.75, 3.05) is 5.73 Å². The Morgan fingerprint density at radius 3 is 2.64 bits per heavy atom. The number of hydrogen-bond acceptors (Lipinski definition) is 4. The van der Waals surface area contributed by atoms with Crippen LogP contribution in [0.15, 0.2) is 14.4 Å². The van der Waals surface area contributed by atoms with Gasteiger partial charge >= 0.3 is 0 Å². The topological polar surface area (TPSA) is 52.0 Å². The molecule has 2 N–H and O–H groups in total. The van der Waals surface area contributed by atoms with Crippen molar-refractivity contribution in [2.45, 2.75) is 13.8 Å². The van der Waals surface area contributed by atoms with E-state index in [1.165, 1.54) is 5.56 Å². The summed E-state index contributed by atoms with van der Waals surface area (Å²) in [6.07, 6.45) is 0. The fourth-order valence-electron chi connectivity index (χ4n) is 1.15. The lowest BCUT2D eigenvalue weighted by Crippen LogP contribution is -1.85. The standard InChI is InChI=1S/C9H9BrN2OS/c1-4-3-6(14-8(4)10)7-5(2)9(11)12-13-7/h3H,1-2H3,(H2,11,12). The van der Waals surface area contributed by atoms with Crippen LogP contribution in [0.4, 0.5) is 5.82 Å². The molecule has 0 aliphatic carbocycles. The highest BCUT2D eigenvalue weighted by molar-refractivity contribution is 9.11. The number of thiophene rings is 1. The molecule has 0 atom stereocenters. The molecule has 2 aromatic heterocycles. The van der Waals surface area contributed by atoms with Gasteiger partial charge < -0.3 is 10.3 Å². The molecule has 3 nitrogen and oxygen atoms in total. The van der Waals surface area contributed by atoms with Gasteiger partial charge in [0.05, 0.1) is 8.66 Å². The van der Waals surface area contributed by atoms with E-state index in [1.54, 1.807) is 11.3 Å². The van der Waals surface area contributed by atoms with E-state index in [9.17, 15) is 0 Å². The maximum absolute atomic E-state index is 5.61. The fourth-order valence-corrected chi connectivity index (χ4v) is 2.72. The Hall–Kier alpha value is -0.810. The van der Waals surface area contributed by atoms with Crippen LogP contribution in [0, 0.1) is 13.8 Å². The SMILES string of the molecule is Cc1cc(-c2onc(N)c2C)sc1Br. The number of halogens is 1. The van der Waals surface area contributed by atoms with Crippen molar-refractivity contribution in [1.82, 2.24) is 5.16 Å². The Kier molecular flexibility index (Phi) is 2.36. The second-order valence-corrected chi connectivity index (χ2v) is 5.46. The Balaban J connectivity index is 2.54. The summed E-state index contributed by atoms with van der Waals surface area (Å²) in [4.78, 5) is 1.05. The van der Waals surface area contributed by atoms with Crippen molar-refractivity contribution < 1.29 is 4.52 Å². The average Bonchev–Trinajstić information content (AvgIpc) is 2.61. The van der Waals surface area contributed by atoms with E-state index in [-0.39, 0.29) is 0 Å². The highest BCUT2D eigenvalue weighted by Gasteiger charge is 2.14. The summed E-state index contributed by atoms with van der Waals surface area (Å²) in [5, 5.41) is 3.73. The van der Waals surface area contributed by atoms with Crippen LogP contribution in [0.3, 0.4) is 0 Å². The van der Waals surface area contributed by atoms with E-state index in [1.807, 2.05) is 13.8 Å². The number of aromatic nitrogens is 1. The van der Waals surface area contributed by atoms with E-state index >= 15 is 0 Å². The van der Waals surface area contributed by atoms with E-state index in [4.69, 9.17) is 10.3 Å². The highest BCUT2D eigenvalue weighted by Crippen LogP contribution is 2.37. The molecule has 0 saturated carbocycles. The van der Waals surface area contributed by atoms with Crippen LogP contribution in [-0.4, -0.2) is 5.16 Å². The summed E-state index contributed by atoms with van der Waals surface area (Å²) in [5.41, 5.74) is 7.71. The largest absolute Gasteiger partial charge is 0.381 e.